The van der Waals surface area contributed by atoms with Crippen molar-refractivity contribution in [3.05, 3.63) is 60.2 Å². The van der Waals surface area contributed by atoms with Crippen molar-refractivity contribution in [2.75, 3.05) is 37.7 Å². The minimum atomic E-state index is -0.872. The zero-order valence-corrected chi connectivity index (χ0v) is 23.5. The van der Waals surface area contributed by atoms with Crippen LogP contribution >= 0.6 is 0 Å². The number of benzene rings is 3. The van der Waals surface area contributed by atoms with Crippen molar-refractivity contribution in [1.82, 2.24) is 20.2 Å². The molecule has 42 heavy (non-hydrogen) atoms. The van der Waals surface area contributed by atoms with Gasteiger partial charge in [-0.15, -0.1) is 0 Å². The molecule has 4 aromatic rings. The van der Waals surface area contributed by atoms with Crippen LogP contribution in [0.4, 0.5) is 19.0 Å². The summed E-state index contributed by atoms with van der Waals surface area (Å²) in [5.74, 6) is -0.281. The fourth-order valence-corrected chi connectivity index (χ4v) is 7.94. The summed E-state index contributed by atoms with van der Waals surface area (Å²) in [6.45, 7) is 3.10. The van der Waals surface area contributed by atoms with Crippen molar-refractivity contribution in [2.45, 2.75) is 62.3 Å². The SMILES string of the molecule is Fc1c(-c2cccc3cccc(F)c23)ccc2c(N3CC[C@H]4CC[C@@H](C3)N4)nc(OC[C@@]34CCCN3C[C@H](F)C4)nc12. The topological polar surface area (TPSA) is 53.5 Å². The van der Waals surface area contributed by atoms with Gasteiger partial charge in [-0.25, -0.2) is 13.2 Å². The van der Waals surface area contributed by atoms with Gasteiger partial charge in [-0.2, -0.15) is 9.97 Å². The minimum Gasteiger partial charge on any atom is -0.461 e. The van der Waals surface area contributed by atoms with E-state index in [9.17, 15) is 4.39 Å². The molecule has 1 N–H and O–H groups in total. The molecular formula is C33H34F3N5O. The summed E-state index contributed by atoms with van der Waals surface area (Å²) in [5, 5.41) is 5.39. The molecule has 4 fully saturated rings. The standard InChI is InChI=1S/C33H34F3N5O/c34-21-16-33(13-3-14-41(33)17-21)19-42-32-38-30-26(31(39-32)40-15-12-22-8-9-23(18-40)37-22)11-10-25(29(30)36)24-6-1-4-20-5-2-7-27(35)28(20)24/h1-2,4-7,10-11,21-23,37H,3,8-9,12-19H2/t21-,22-,23+,33+/m1/s1. The first kappa shape index (κ1) is 26.2. The number of anilines is 1. The average Bonchev–Trinajstić information content (AvgIpc) is 3.62. The van der Waals surface area contributed by atoms with Crippen LogP contribution in [-0.2, 0) is 0 Å². The zero-order chi connectivity index (χ0) is 28.4. The molecule has 218 valence electrons. The number of hydrogen-bond acceptors (Lipinski definition) is 6. The zero-order valence-electron chi connectivity index (χ0n) is 23.5. The summed E-state index contributed by atoms with van der Waals surface area (Å²) >= 11 is 0. The van der Waals surface area contributed by atoms with Crippen LogP contribution in [0.1, 0.15) is 38.5 Å². The van der Waals surface area contributed by atoms with Gasteiger partial charge in [0.2, 0.25) is 0 Å². The number of nitrogens with one attached hydrogen (secondary N) is 1. The van der Waals surface area contributed by atoms with E-state index in [4.69, 9.17) is 9.72 Å². The number of rotatable bonds is 5. The Morgan fingerprint density at radius 3 is 2.69 bits per heavy atom. The molecule has 0 radical (unpaired) electrons. The highest BCUT2D eigenvalue weighted by Crippen LogP contribution is 2.41. The van der Waals surface area contributed by atoms with Gasteiger partial charge in [0.05, 0.1) is 5.54 Å². The second kappa shape index (κ2) is 10.1. The molecule has 6 nitrogen and oxygen atoms in total. The van der Waals surface area contributed by atoms with Crippen LogP contribution in [0.15, 0.2) is 48.5 Å². The first-order valence-corrected chi connectivity index (χ1v) is 15.2. The Labute approximate surface area is 242 Å². The molecule has 9 heteroatoms. The molecular weight excluding hydrogens is 539 g/mol. The largest absolute Gasteiger partial charge is 0.461 e. The number of hydrogen-bond donors (Lipinski definition) is 1. The van der Waals surface area contributed by atoms with E-state index in [1.807, 2.05) is 24.3 Å². The lowest BCUT2D eigenvalue weighted by Crippen LogP contribution is -2.43. The third-order valence-corrected chi connectivity index (χ3v) is 9.96. The van der Waals surface area contributed by atoms with Crippen LogP contribution in [0.3, 0.4) is 0 Å². The van der Waals surface area contributed by atoms with Crippen LogP contribution in [0, 0.1) is 11.6 Å². The molecule has 0 spiro atoms. The molecule has 4 aliphatic heterocycles. The molecule has 0 aliphatic carbocycles. The summed E-state index contributed by atoms with van der Waals surface area (Å²) in [6, 6.07) is 14.8. The predicted molar refractivity (Wildman–Crippen MR) is 158 cm³/mol. The van der Waals surface area contributed by atoms with E-state index < -0.39 is 17.8 Å². The summed E-state index contributed by atoms with van der Waals surface area (Å²) < 4.78 is 52.3. The molecule has 1 aromatic heterocycles. The first-order valence-electron chi connectivity index (χ1n) is 15.2. The Morgan fingerprint density at radius 1 is 0.929 bits per heavy atom. The highest BCUT2D eigenvalue weighted by Gasteiger charge is 2.49. The molecule has 0 saturated carbocycles. The van der Waals surface area contributed by atoms with E-state index in [1.54, 1.807) is 18.2 Å². The Balaban J connectivity index is 1.24. The Kier molecular flexibility index (Phi) is 6.30. The molecule has 0 amide bonds. The lowest BCUT2D eigenvalue weighted by atomic mass is 9.95. The molecule has 2 bridgehead atoms. The van der Waals surface area contributed by atoms with E-state index in [0.717, 1.165) is 45.3 Å². The van der Waals surface area contributed by atoms with E-state index in [2.05, 4.69) is 20.1 Å². The number of fused-ring (bicyclic) bond motifs is 5. The van der Waals surface area contributed by atoms with Gasteiger partial charge < -0.3 is 15.0 Å². The molecule has 3 aromatic carbocycles. The molecule has 8 rings (SSSR count). The smallest absolute Gasteiger partial charge is 0.319 e. The van der Waals surface area contributed by atoms with Gasteiger partial charge in [0.25, 0.3) is 0 Å². The Hall–Kier alpha value is -3.43. The number of alkyl halides is 1. The maximum atomic E-state index is 16.6. The van der Waals surface area contributed by atoms with Crippen LogP contribution in [0.25, 0.3) is 32.8 Å². The van der Waals surface area contributed by atoms with Crippen molar-refractivity contribution in [1.29, 1.82) is 0 Å². The third kappa shape index (κ3) is 4.31. The van der Waals surface area contributed by atoms with Crippen molar-refractivity contribution < 1.29 is 17.9 Å². The van der Waals surface area contributed by atoms with Crippen molar-refractivity contribution in [3.8, 4) is 17.1 Å². The van der Waals surface area contributed by atoms with Gasteiger partial charge >= 0.3 is 6.01 Å². The maximum absolute atomic E-state index is 16.6. The molecule has 4 atom stereocenters. The molecule has 4 aliphatic rings. The number of ether oxygens (including phenoxy) is 1. The highest BCUT2D eigenvalue weighted by molar-refractivity contribution is 6.00. The second-order valence-electron chi connectivity index (χ2n) is 12.5. The lowest BCUT2D eigenvalue weighted by Gasteiger charge is -2.31. The number of halogens is 3. The van der Waals surface area contributed by atoms with Crippen LogP contribution in [-0.4, -0.2) is 71.4 Å². The second-order valence-corrected chi connectivity index (χ2v) is 12.5. The van der Waals surface area contributed by atoms with Crippen LogP contribution in [0.2, 0.25) is 0 Å². The summed E-state index contributed by atoms with van der Waals surface area (Å²) in [5.41, 5.74) is 0.537. The highest BCUT2D eigenvalue weighted by atomic mass is 19.1. The van der Waals surface area contributed by atoms with Gasteiger partial charge in [0, 0.05) is 54.5 Å². The van der Waals surface area contributed by atoms with Gasteiger partial charge in [-0.05, 0) is 61.7 Å². The van der Waals surface area contributed by atoms with E-state index >= 15 is 8.78 Å². The van der Waals surface area contributed by atoms with Gasteiger partial charge in [0.15, 0.2) is 5.82 Å². The maximum Gasteiger partial charge on any atom is 0.319 e. The average molecular weight is 574 g/mol. The summed E-state index contributed by atoms with van der Waals surface area (Å²) in [4.78, 5) is 13.9. The first-order chi connectivity index (χ1) is 20.5. The van der Waals surface area contributed by atoms with Crippen LogP contribution in [0.5, 0.6) is 6.01 Å². The van der Waals surface area contributed by atoms with Crippen molar-refractivity contribution in [2.24, 2.45) is 0 Å². The van der Waals surface area contributed by atoms with Crippen molar-refractivity contribution >= 4 is 27.5 Å². The summed E-state index contributed by atoms with van der Waals surface area (Å²) in [7, 11) is 0. The van der Waals surface area contributed by atoms with Gasteiger partial charge in [0.1, 0.15) is 29.9 Å². The van der Waals surface area contributed by atoms with E-state index in [0.29, 0.717) is 52.6 Å². The minimum absolute atomic E-state index is 0.101. The van der Waals surface area contributed by atoms with E-state index in [-0.39, 0.29) is 29.2 Å². The molecule has 0 unspecified atom stereocenters. The third-order valence-electron chi connectivity index (χ3n) is 9.96. The number of nitrogens with zero attached hydrogens (tertiary/aromatic N) is 4. The lowest BCUT2D eigenvalue weighted by molar-refractivity contribution is 0.107. The predicted octanol–water partition coefficient (Wildman–Crippen LogP) is 6.01. The monoisotopic (exact) mass is 573 g/mol. The fraction of sp³-hybridized carbons (Fsp3) is 0.455. The Morgan fingerprint density at radius 2 is 1.79 bits per heavy atom. The number of aromatic nitrogens is 2. The normalized spacial score (nSPS) is 27.6. The van der Waals surface area contributed by atoms with Gasteiger partial charge in [-0.1, -0.05) is 36.4 Å². The Bertz CT molecular complexity index is 1680. The van der Waals surface area contributed by atoms with Gasteiger partial charge in [-0.3, -0.25) is 4.90 Å². The van der Waals surface area contributed by atoms with E-state index in [1.165, 1.54) is 12.5 Å². The fourth-order valence-electron chi connectivity index (χ4n) is 7.94. The quantitative estimate of drug-likeness (QED) is 0.316. The molecule has 4 saturated heterocycles. The molecule has 5 heterocycles. The summed E-state index contributed by atoms with van der Waals surface area (Å²) in [6.07, 6.45) is 4.67. The van der Waals surface area contributed by atoms with Crippen molar-refractivity contribution in [3.63, 3.8) is 0 Å². The van der Waals surface area contributed by atoms with Crippen LogP contribution < -0.4 is 15.0 Å².